The van der Waals surface area contributed by atoms with Gasteiger partial charge in [-0.15, -0.1) is 0 Å². The number of fused-ring (bicyclic) bond motifs is 1. The van der Waals surface area contributed by atoms with Gasteiger partial charge in [-0.25, -0.2) is 4.99 Å². The lowest BCUT2D eigenvalue weighted by atomic mass is 10.1. The van der Waals surface area contributed by atoms with E-state index < -0.39 is 0 Å². The van der Waals surface area contributed by atoms with Gasteiger partial charge in [-0.05, 0) is 71.4 Å². The van der Waals surface area contributed by atoms with Gasteiger partial charge in [0, 0.05) is 24.1 Å². The summed E-state index contributed by atoms with van der Waals surface area (Å²) in [6, 6.07) is 28.6. The van der Waals surface area contributed by atoms with Crippen LogP contribution in [0.5, 0.6) is 0 Å². The van der Waals surface area contributed by atoms with Crippen LogP contribution in [0, 0.1) is 0 Å². The van der Waals surface area contributed by atoms with E-state index in [-0.39, 0.29) is 5.91 Å². The number of thioether (sulfide) groups is 1. The van der Waals surface area contributed by atoms with Crippen LogP contribution in [0.3, 0.4) is 0 Å². The fourth-order valence-corrected chi connectivity index (χ4v) is 4.84. The monoisotopic (exact) mass is 437 g/mol. The van der Waals surface area contributed by atoms with Crippen molar-refractivity contribution in [3.63, 3.8) is 0 Å². The summed E-state index contributed by atoms with van der Waals surface area (Å²) in [7, 11) is 0. The number of amidine groups is 1. The number of rotatable bonds is 5. The average Bonchev–Trinajstić information content (AvgIpc) is 3.40. The first-order chi connectivity index (χ1) is 15.7. The number of aliphatic imine (C=N–C) groups is 1. The SMILES string of the molecule is CCCN1C(=O)/C(=C/c2cccn2-c2ccc3ccccc3c2)SC1=Nc1ccccc1. The molecule has 0 atom stereocenters. The molecule has 158 valence electrons. The highest BCUT2D eigenvalue weighted by atomic mass is 32.2. The standard InChI is InChI=1S/C27H23N3OS/c1-2-16-30-26(31)25(32-27(30)28-22-11-4-3-5-12-22)19-23-13-8-17-29(23)24-15-14-20-9-6-7-10-21(20)18-24/h3-15,17-19H,2,16H2,1H3/b25-19-,28-27?. The quantitative estimate of drug-likeness (QED) is 0.328. The largest absolute Gasteiger partial charge is 0.317 e. The van der Waals surface area contributed by atoms with Crippen molar-refractivity contribution in [2.75, 3.05) is 6.54 Å². The molecule has 0 saturated carbocycles. The van der Waals surface area contributed by atoms with Crippen LogP contribution in [0.25, 0.3) is 22.5 Å². The zero-order valence-electron chi connectivity index (χ0n) is 17.8. The summed E-state index contributed by atoms with van der Waals surface area (Å²) in [5.74, 6) is 0.0118. The second kappa shape index (κ2) is 8.89. The molecule has 1 aliphatic heterocycles. The molecular weight excluding hydrogens is 414 g/mol. The van der Waals surface area contributed by atoms with E-state index in [2.05, 4.69) is 47.9 Å². The summed E-state index contributed by atoms with van der Waals surface area (Å²) in [5.41, 5.74) is 2.89. The topological polar surface area (TPSA) is 37.6 Å². The first-order valence-electron chi connectivity index (χ1n) is 10.7. The van der Waals surface area contributed by atoms with Gasteiger partial charge in [-0.2, -0.15) is 0 Å². The molecule has 0 N–H and O–H groups in total. The van der Waals surface area contributed by atoms with Gasteiger partial charge in [0.15, 0.2) is 5.17 Å². The summed E-state index contributed by atoms with van der Waals surface area (Å²) in [5, 5.41) is 3.13. The first-order valence-corrected chi connectivity index (χ1v) is 11.6. The van der Waals surface area contributed by atoms with E-state index >= 15 is 0 Å². The second-order valence-electron chi connectivity index (χ2n) is 7.63. The van der Waals surface area contributed by atoms with Crippen LogP contribution in [0.15, 0.2) is 101 Å². The predicted molar refractivity (Wildman–Crippen MR) is 134 cm³/mol. The van der Waals surface area contributed by atoms with Gasteiger partial charge in [0.1, 0.15) is 0 Å². The van der Waals surface area contributed by atoms with Crippen molar-refractivity contribution < 1.29 is 4.79 Å². The van der Waals surface area contributed by atoms with Crippen LogP contribution in [-0.4, -0.2) is 27.1 Å². The van der Waals surface area contributed by atoms with Gasteiger partial charge in [-0.3, -0.25) is 9.69 Å². The third kappa shape index (κ3) is 3.99. The van der Waals surface area contributed by atoms with Gasteiger partial charge >= 0.3 is 0 Å². The molecule has 5 heteroatoms. The molecule has 32 heavy (non-hydrogen) atoms. The van der Waals surface area contributed by atoms with Gasteiger partial charge in [0.25, 0.3) is 5.91 Å². The number of aromatic nitrogens is 1. The van der Waals surface area contributed by atoms with E-state index in [4.69, 9.17) is 4.99 Å². The van der Waals surface area contributed by atoms with E-state index in [0.717, 1.165) is 28.7 Å². The van der Waals surface area contributed by atoms with Crippen molar-refractivity contribution in [3.05, 3.63) is 102 Å². The molecule has 1 aliphatic rings. The smallest absolute Gasteiger partial charge is 0.266 e. The Hall–Kier alpha value is -3.57. The second-order valence-corrected chi connectivity index (χ2v) is 8.64. The minimum absolute atomic E-state index is 0.0118. The summed E-state index contributed by atoms with van der Waals surface area (Å²) in [6.07, 6.45) is 4.88. The number of nitrogens with zero attached hydrogens (tertiary/aromatic N) is 3. The van der Waals surface area contributed by atoms with Gasteiger partial charge in [0.2, 0.25) is 0 Å². The maximum absolute atomic E-state index is 13.2. The summed E-state index contributed by atoms with van der Waals surface area (Å²) in [6.45, 7) is 2.73. The number of hydrogen-bond acceptors (Lipinski definition) is 3. The Bertz CT molecular complexity index is 1340. The highest BCUT2D eigenvalue weighted by Crippen LogP contribution is 2.34. The number of benzene rings is 3. The molecule has 2 heterocycles. The van der Waals surface area contributed by atoms with E-state index in [9.17, 15) is 4.79 Å². The Morgan fingerprint density at radius 2 is 1.69 bits per heavy atom. The Balaban J connectivity index is 1.50. The highest BCUT2D eigenvalue weighted by molar-refractivity contribution is 8.18. The lowest BCUT2D eigenvalue weighted by Crippen LogP contribution is -2.29. The number of hydrogen-bond donors (Lipinski definition) is 0. The van der Waals surface area contributed by atoms with Crippen LogP contribution in [0.2, 0.25) is 0 Å². The summed E-state index contributed by atoms with van der Waals surface area (Å²) < 4.78 is 2.11. The zero-order valence-corrected chi connectivity index (χ0v) is 18.6. The summed E-state index contributed by atoms with van der Waals surface area (Å²) in [4.78, 5) is 20.4. The summed E-state index contributed by atoms with van der Waals surface area (Å²) >= 11 is 1.44. The Kier molecular flexibility index (Phi) is 5.65. The number of amides is 1. The van der Waals surface area contributed by atoms with Crippen LogP contribution in [0.1, 0.15) is 19.0 Å². The predicted octanol–water partition coefficient (Wildman–Crippen LogP) is 6.64. The molecule has 0 aliphatic carbocycles. The average molecular weight is 438 g/mol. The normalized spacial score (nSPS) is 16.5. The van der Waals surface area contributed by atoms with Crippen molar-refractivity contribution in [1.82, 2.24) is 9.47 Å². The third-order valence-corrected chi connectivity index (χ3v) is 6.39. The first kappa shape index (κ1) is 20.3. The van der Waals surface area contributed by atoms with Crippen molar-refractivity contribution in [2.24, 2.45) is 4.99 Å². The molecule has 5 rings (SSSR count). The van der Waals surface area contributed by atoms with Gasteiger partial charge in [-0.1, -0.05) is 55.5 Å². The van der Waals surface area contributed by atoms with Crippen molar-refractivity contribution >= 4 is 45.4 Å². The third-order valence-electron chi connectivity index (χ3n) is 5.39. The lowest BCUT2D eigenvalue weighted by molar-refractivity contribution is -0.122. The molecule has 4 aromatic rings. The Morgan fingerprint density at radius 3 is 2.50 bits per heavy atom. The molecule has 4 nitrogen and oxygen atoms in total. The molecule has 1 aromatic heterocycles. The Morgan fingerprint density at radius 1 is 0.906 bits per heavy atom. The Labute approximate surface area is 191 Å². The maximum atomic E-state index is 13.2. The molecule has 1 fully saturated rings. The molecule has 0 spiro atoms. The van der Waals surface area contributed by atoms with Crippen LogP contribution in [-0.2, 0) is 4.79 Å². The zero-order chi connectivity index (χ0) is 21.9. The van der Waals surface area contributed by atoms with Crippen molar-refractivity contribution in [3.8, 4) is 5.69 Å². The van der Waals surface area contributed by atoms with Crippen molar-refractivity contribution in [2.45, 2.75) is 13.3 Å². The van der Waals surface area contributed by atoms with Crippen LogP contribution >= 0.6 is 11.8 Å². The molecule has 1 saturated heterocycles. The molecule has 3 aromatic carbocycles. The van der Waals surface area contributed by atoms with Crippen molar-refractivity contribution in [1.29, 1.82) is 0 Å². The molecule has 1 amide bonds. The minimum atomic E-state index is 0.0118. The van der Waals surface area contributed by atoms with Crippen LogP contribution < -0.4 is 0 Å². The number of carbonyl (C=O) groups is 1. The molecular formula is C27H23N3OS. The van der Waals surface area contributed by atoms with E-state index in [1.165, 1.54) is 22.5 Å². The fraction of sp³-hybridized carbons (Fsp3) is 0.111. The molecule has 0 radical (unpaired) electrons. The van der Waals surface area contributed by atoms with E-state index in [1.807, 2.05) is 60.8 Å². The maximum Gasteiger partial charge on any atom is 0.266 e. The highest BCUT2D eigenvalue weighted by Gasteiger charge is 2.33. The minimum Gasteiger partial charge on any atom is -0.317 e. The fourth-order valence-electron chi connectivity index (χ4n) is 3.83. The van der Waals surface area contributed by atoms with Gasteiger partial charge < -0.3 is 4.57 Å². The van der Waals surface area contributed by atoms with E-state index in [0.29, 0.717) is 11.4 Å². The number of para-hydroxylation sites is 1. The van der Waals surface area contributed by atoms with E-state index in [1.54, 1.807) is 4.90 Å². The van der Waals surface area contributed by atoms with Gasteiger partial charge in [0.05, 0.1) is 10.6 Å². The lowest BCUT2D eigenvalue weighted by Gasteiger charge is -2.13. The molecule has 0 bridgehead atoms. The number of carbonyl (C=O) groups excluding carboxylic acids is 1. The molecule has 0 unspecified atom stereocenters. The van der Waals surface area contributed by atoms with Crippen LogP contribution in [0.4, 0.5) is 5.69 Å².